The standard InChI is InChI=1S/C18H24N2O5S/c1-14(17(21)19-9-2-3-10-19)25-18(22)15-7-6-8-16(13-15)26(23,24)20-11-4-5-12-20/h6-8,13-14H,2-5,9-12H2,1H3/t14-/m0/s1. The van der Waals surface area contributed by atoms with Crippen LogP contribution in [0, 0.1) is 0 Å². The maximum Gasteiger partial charge on any atom is 0.338 e. The first-order valence-corrected chi connectivity index (χ1v) is 10.4. The fraction of sp³-hybridized carbons (Fsp3) is 0.556. The second-order valence-electron chi connectivity index (χ2n) is 6.72. The molecule has 1 aromatic rings. The first kappa shape index (κ1) is 18.8. The Labute approximate surface area is 154 Å². The molecular weight excluding hydrogens is 356 g/mol. The van der Waals surface area contributed by atoms with Crippen LogP contribution in [-0.2, 0) is 19.6 Å². The Morgan fingerprint density at radius 1 is 1.04 bits per heavy atom. The van der Waals surface area contributed by atoms with Crippen LogP contribution in [0.5, 0.6) is 0 Å². The third-order valence-electron chi connectivity index (χ3n) is 4.82. The lowest BCUT2D eigenvalue weighted by molar-refractivity contribution is -0.138. The average molecular weight is 380 g/mol. The summed E-state index contributed by atoms with van der Waals surface area (Å²) in [7, 11) is -3.60. The molecular formula is C18H24N2O5S. The van der Waals surface area contributed by atoms with Crippen LogP contribution in [-0.4, -0.2) is 61.8 Å². The summed E-state index contributed by atoms with van der Waals surface area (Å²) in [5.41, 5.74) is 0.131. The van der Waals surface area contributed by atoms with Gasteiger partial charge >= 0.3 is 5.97 Å². The SMILES string of the molecule is C[C@H](OC(=O)c1cccc(S(=O)(=O)N2CCCC2)c1)C(=O)N1CCCC1. The molecule has 8 heteroatoms. The number of hydrogen-bond donors (Lipinski definition) is 0. The summed E-state index contributed by atoms with van der Waals surface area (Å²) in [6, 6.07) is 5.82. The van der Waals surface area contributed by atoms with Gasteiger partial charge in [0.15, 0.2) is 6.10 Å². The molecule has 0 N–H and O–H groups in total. The third-order valence-corrected chi connectivity index (χ3v) is 6.72. The second kappa shape index (κ2) is 7.75. The minimum absolute atomic E-state index is 0.0763. The normalized spacial score (nSPS) is 19.5. The van der Waals surface area contributed by atoms with Crippen LogP contribution < -0.4 is 0 Å². The number of ether oxygens (including phenoxy) is 1. The second-order valence-corrected chi connectivity index (χ2v) is 8.66. The van der Waals surface area contributed by atoms with Gasteiger partial charge in [0.05, 0.1) is 10.5 Å². The Hall–Kier alpha value is -1.93. The number of carbonyl (C=O) groups excluding carboxylic acids is 2. The van der Waals surface area contributed by atoms with E-state index >= 15 is 0 Å². The molecule has 0 saturated carbocycles. The van der Waals surface area contributed by atoms with E-state index in [1.165, 1.54) is 28.6 Å². The molecule has 2 fully saturated rings. The molecule has 7 nitrogen and oxygen atoms in total. The van der Waals surface area contributed by atoms with Crippen LogP contribution in [0.4, 0.5) is 0 Å². The molecule has 3 rings (SSSR count). The molecule has 1 atom stereocenters. The van der Waals surface area contributed by atoms with E-state index in [0.717, 1.165) is 25.7 Å². The van der Waals surface area contributed by atoms with Crippen molar-refractivity contribution in [1.29, 1.82) is 0 Å². The zero-order valence-corrected chi connectivity index (χ0v) is 15.7. The van der Waals surface area contributed by atoms with Gasteiger partial charge in [-0.3, -0.25) is 4.79 Å². The van der Waals surface area contributed by atoms with Crippen molar-refractivity contribution in [2.75, 3.05) is 26.2 Å². The van der Waals surface area contributed by atoms with E-state index in [4.69, 9.17) is 4.74 Å². The van der Waals surface area contributed by atoms with Gasteiger partial charge in [-0.1, -0.05) is 6.07 Å². The Morgan fingerprint density at radius 3 is 2.31 bits per heavy atom. The highest BCUT2D eigenvalue weighted by Gasteiger charge is 2.29. The van der Waals surface area contributed by atoms with Crippen LogP contribution >= 0.6 is 0 Å². The van der Waals surface area contributed by atoms with Crippen molar-refractivity contribution in [1.82, 2.24) is 9.21 Å². The fourth-order valence-electron chi connectivity index (χ4n) is 3.33. The van der Waals surface area contributed by atoms with E-state index in [2.05, 4.69) is 0 Å². The molecule has 0 spiro atoms. The van der Waals surface area contributed by atoms with Gasteiger partial charge in [0.1, 0.15) is 0 Å². The Bertz CT molecular complexity index is 781. The predicted octanol–water partition coefficient (Wildman–Crippen LogP) is 1.64. The molecule has 0 radical (unpaired) electrons. The van der Waals surface area contributed by atoms with E-state index in [1.54, 1.807) is 11.8 Å². The van der Waals surface area contributed by atoms with Gasteiger partial charge in [-0.15, -0.1) is 0 Å². The van der Waals surface area contributed by atoms with Crippen molar-refractivity contribution >= 4 is 21.9 Å². The number of benzene rings is 1. The summed E-state index contributed by atoms with van der Waals surface area (Å²) in [6.45, 7) is 3.91. The smallest absolute Gasteiger partial charge is 0.338 e. The maximum absolute atomic E-state index is 12.6. The predicted molar refractivity (Wildman–Crippen MR) is 95.1 cm³/mol. The summed E-state index contributed by atoms with van der Waals surface area (Å²) in [5, 5.41) is 0. The first-order valence-electron chi connectivity index (χ1n) is 8.99. The zero-order chi connectivity index (χ0) is 18.7. The van der Waals surface area contributed by atoms with Crippen molar-refractivity contribution < 1.29 is 22.7 Å². The van der Waals surface area contributed by atoms with Crippen molar-refractivity contribution in [3.8, 4) is 0 Å². The number of carbonyl (C=O) groups is 2. The third kappa shape index (κ3) is 3.91. The van der Waals surface area contributed by atoms with Gasteiger partial charge in [0, 0.05) is 26.2 Å². The molecule has 26 heavy (non-hydrogen) atoms. The molecule has 2 saturated heterocycles. The number of rotatable bonds is 5. The highest BCUT2D eigenvalue weighted by atomic mass is 32.2. The fourth-order valence-corrected chi connectivity index (χ4v) is 4.90. The van der Waals surface area contributed by atoms with Crippen LogP contribution in [0.1, 0.15) is 43.0 Å². The molecule has 2 heterocycles. The van der Waals surface area contributed by atoms with Crippen molar-refractivity contribution in [3.05, 3.63) is 29.8 Å². The van der Waals surface area contributed by atoms with Crippen LogP contribution in [0.2, 0.25) is 0 Å². The highest BCUT2D eigenvalue weighted by molar-refractivity contribution is 7.89. The molecule has 142 valence electrons. The number of nitrogens with zero attached hydrogens (tertiary/aromatic N) is 2. The number of amides is 1. The van der Waals surface area contributed by atoms with Gasteiger partial charge in [-0.05, 0) is 50.8 Å². The molecule has 1 aromatic carbocycles. The number of hydrogen-bond acceptors (Lipinski definition) is 5. The minimum Gasteiger partial charge on any atom is -0.449 e. The lowest BCUT2D eigenvalue weighted by atomic mass is 10.2. The lowest BCUT2D eigenvalue weighted by Crippen LogP contribution is -2.38. The van der Waals surface area contributed by atoms with Gasteiger partial charge in [-0.25, -0.2) is 13.2 Å². The van der Waals surface area contributed by atoms with Crippen LogP contribution in [0.25, 0.3) is 0 Å². The van der Waals surface area contributed by atoms with E-state index in [0.29, 0.717) is 26.2 Å². The molecule has 0 bridgehead atoms. The van der Waals surface area contributed by atoms with Crippen molar-refractivity contribution in [3.63, 3.8) is 0 Å². The van der Waals surface area contributed by atoms with Crippen LogP contribution in [0.3, 0.4) is 0 Å². The Morgan fingerprint density at radius 2 is 1.65 bits per heavy atom. The Balaban J connectivity index is 1.71. The summed E-state index contributed by atoms with van der Waals surface area (Å²) in [5.74, 6) is -0.903. The number of esters is 1. The van der Waals surface area contributed by atoms with Gasteiger partial charge < -0.3 is 9.64 Å². The zero-order valence-electron chi connectivity index (χ0n) is 14.9. The topological polar surface area (TPSA) is 84.0 Å². The summed E-state index contributed by atoms with van der Waals surface area (Å²) in [4.78, 5) is 26.4. The van der Waals surface area contributed by atoms with Crippen LogP contribution in [0.15, 0.2) is 29.2 Å². The monoisotopic (exact) mass is 380 g/mol. The molecule has 0 aliphatic carbocycles. The van der Waals surface area contributed by atoms with E-state index < -0.39 is 22.1 Å². The number of likely N-dealkylation sites (tertiary alicyclic amines) is 1. The number of sulfonamides is 1. The van der Waals surface area contributed by atoms with E-state index in [1.807, 2.05) is 0 Å². The van der Waals surface area contributed by atoms with Gasteiger partial charge in [-0.2, -0.15) is 4.31 Å². The summed E-state index contributed by atoms with van der Waals surface area (Å²) < 4.78 is 31.9. The van der Waals surface area contributed by atoms with Gasteiger partial charge in [0.25, 0.3) is 5.91 Å². The quantitative estimate of drug-likeness (QED) is 0.725. The lowest BCUT2D eigenvalue weighted by Gasteiger charge is -2.20. The van der Waals surface area contributed by atoms with Crippen molar-refractivity contribution in [2.45, 2.75) is 43.6 Å². The maximum atomic E-state index is 12.6. The average Bonchev–Trinajstić information content (AvgIpc) is 3.34. The highest BCUT2D eigenvalue weighted by Crippen LogP contribution is 2.22. The van der Waals surface area contributed by atoms with E-state index in [-0.39, 0.29) is 16.4 Å². The Kier molecular flexibility index (Phi) is 5.62. The largest absolute Gasteiger partial charge is 0.449 e. The summed E-state index contributed by atoms with van der Waals surface area (Å²) in [6.07, 6.45) is 2.72. The van der Waals surface area contributed by atoms with E-state index in [9.17, 15) is 18.0 Å². The van der Waals surface area contributed by atoms with Gasteiger partial charge in [0.2, 0.25) is 10.0 Å². The molecule has 0 unspecified atom stereocenters. The molecule has 2 aliphatic heterocycles. The molecule has 2 aliphatic rings. The molecule has 1 amide bonds. The minimum atomic E-state index is -3.60. The molecule has 0 aromatic heterocycles. The summed E-state index contributed by atoms with van der Waals surface area (Å²) >= 11 is 0. The van der Waals surface area contributed by atoms with Crippen molar-refractivity contribution in [2.24, 2.45) is 0 Å². The first-order chi connectivity index (χ1) is 12.4.